The van der Waals surface area contributed by atoms with Crippen LogP contribution < -0.4 is 5.32 Å². The summed E-state index contributed by atoms with van der Waals surface area (Å²) in [5.74, 6) is 0.111. The van der Waals surface area contributed by atoms with Crippen molar-refractivity contribution in [3.8, 4) is 0 Å². The summed E-state index contributed by atoms with van der Waals surface area (Å²) in [5, 5.41) is 3.56. The van der Waals surface area contributed by atoms with Crippen LogP contribution >= 0.6 is 11.6 Å². The van der Waals surface area contributed by atoms with Gasteiger partial charge < -0.3 is 5.32 Å². The highest BCUT2D eigenvalue weighted by atomic mass is 35.5. The van der Waals surface area contributed by atoms with E-state index in [1.807, 2.05) is 36.1 Å². The van der Waals surface area contributed by atoms with E-state index >= 15 is 0 Å². The van der Waals surface area contributed by atoms with Gasteiger partial charge in [-0.05, 0) is 31.0 Å². The largest absolute Gasteiger partial charge is 0.351 e. The fraction of sp³-hybridized carbons (Fsp3) is 0.562. The van der Waals surface area contributed by atoms with Gasteiger partial charge in [-0.2, -0.15) is 0 Å². The summed E-state index contributed by atoms with van der Waals surface area (Å²) in [7, 11) is -2.97. The molecule has 2 rings (SSSR count). The van der Waals surface area contributed by atoms with Gasteiger partial charge in [-0.1, -0.05) is 36.7 Å². The van der Waals surface area contributed by atoms with Crippen molar-refractivity contribution in [2.75, 3.05) is 31.1 Å². The number of carbonyl (C=O) groups is 1. The van der Waals surface area contributed by atoms with Crippen LogP contribution in [-0.2, 0) is 21.1 Å². The lowest BCUT2D eigenvalue weighted by Crippen LogP contribution is -2.43. The summed E-state index contributed by atoms with van der Waals surface area (Å²) >= 11 is 6.14. The predicted octanol–water partition coefficient (Wildman–Crippen LogP) is 1.51. The van der Waals surface area contributed by atoms with Gasteiger partial charge in [-0.3, -0.25) is 9.69 Å². The van der Waals surface area contributed by atoms with Crippen LogP contribution in [0.2, 0.25) is 5.02 Å². The molecule has 0 aromatic heterocycles. The minimum atomic E-state index is -2.97. The molecule has 1 amide bonds. The van der Waals surface area contributed by atoms with Crippen LogP contribution in [0.15, 0.2) is 24.3 Å². The number of halogens is 1. The monoisotopic (exact) mass is 358 g/mol. The van der Waals surface area contributed by atoms with Crippen molar-refractivity contribution < 1.29 is 13.2 Å². The molecule has 1 atom stereocenters. The van der Waals surface area contributed by atoms with E-state index in [1.54, 1.807) is 0 Å². The van der Waals surface area contributed by atoms with Crippen molar-refractivity contribution in [3.63, 3.8) is 0 Å². The maximum Gasteiger partial charge on any atom is 0.234 e. The number of benzene rings is 1. The van der Waals surface area contributed by atoms with E-state index in [0.717, 1.165) is 30.1 Å². The molecule has 0 bridgehead atoms. The first kappa shape index (κ1) is 18.2. The van der Waals surface area contributed by atoms with Gasteiger partial charge in [0.2, 0.25) is 5.91 Å². The van der Waals surface area contributed by atoms with Crippen LogP contribution in [0, 0.1) is 0 Å². The standard InChI is InChI=1S/C16H23ClN2O3S/c1-2-19(9-7-13-5-3-4-6-15(13)17)11-16(20)18-14-8-10-23(21,22)12-14/h3-6,14H,2,7-12H2,1H3,(H,18,20)/t14-/m0/s1. The van der Waals surface area contributed by atoms with Gasteiger partial charge in [0.1, 0.15) is 0 Å². The van der Waals surface area contributed by atoms with Crippen molar-refractivity contribution in [1.82, 2.24) is 10.2 Å². The molecule has 0 unspecified atom stereocenters. The molecule has 1 aromatic carbocycles. The predicted molar refractivity (Wildman–Crippen MR) is 92.5 cm³/mol. The van der Waals surface area contributed by atoms with Gasteiger partial charge in [-0.15, -0.1) is 0 Å². The first-order chi connectivity index (χ1) is 10.9. The van der Waals surface area contributed by atoms with Crippen molar-refractivity contribution in [2.24, 2.45) is 0 Å². The molecule has 5 nitrogen and oxygen atoms in total. The molecule has 1 aromatic rings. The third kappa shape index (κ3) is 5.79. The third-order valence-electron chi connectivity index (χ3n) is 4.07. The smallest absolute Gasteiger partial charge is 0.234 e. The van der Waals surface area contributed by atoms with Crippen LogP contribution in [0.4, 0.5) is 0 Å². The Morgan fingerprint density at radius 2 is 2.13 bits per heavy atom. The molecular formula is C16H23ClN2O3S. The van der Waals surface area contributed by atoms with Crippen LogP contribution in [0.3, 0.4) is 0 Å². The molecule has 128 valence electrons. The molecule has 0 saturated carbocycles. The maximum atomic E-state index is 12.1. The van der Waals surface area contributed by atoms with Crippen molar-refractivity contribution in [3.05, 3.63) is 34.9 Å². The fourth-order valence-corrected chi connectivity index (χ4v) is 4.62. The second-order valence-electron chi connectivity index (χ2n) is 5.88. The highest BCUT2D eigenvalue weighted by Crippen LogP contribution is 2.15. The number of hydrogen-bond acceptors (Lipinski definition) is 4. The van der Waals surface area contributed by atoms with Gasteiger partial charge in [0.05, 0.1) is 18.1 Å². The molecule has 1 saturated heterocycles. The Morgan fingerprint density at radius 3 is 2.74 bits per heavy atom. The molecule has 23 heavy (non-hydrogen) atoms. The number of sulfone groups is 1. The number of likely N-dealkylation sites (N-methyl/N-ethyl adjacent to an activating group) is 1. The van der Waals surface area contributed by atoms with Crippen molar-refractivity contribution >= 4 is 27.3 Å². The number of rotatable bonds is 7. The third-order valence-corrected chi connectivity index (χ3v) is 6.20. The summed E-state index contributed by atoms with van der Waals surface area (Å²) in [5.41, 5.74) is 1.06. The van der Waals surface area contributed by atoms with E-state index in [9.17, 15) is 13.2 Å². The molecular weight excluding hydrogens is 336 g/mol. The van der Waals surface area contributed by atoms with Crippen LogP contribution in [0.1, 0.15) is 18.9 Å². The van der Waals surface area contributed by atoms with Gasteiger partial charge in [-0.25, -0.2) is 8.42 Å². The fourth-order valence-electron chi connectivity index (χ4n) is 2.71. The Hall–Kier alpha value is -1.11. The topological polar surface area (TPSA) is 66.5 Å². The molecule has 1 fully saturated rings. The number of amides is 1. The Bertz CT molecular complexity index is 648. The molecule has 7 heteroatoms. The van der Waals surface area contributed by atoms with Gasteiger partial charge in [0.15, 0.2) is 9.84 Å². The van der Waals surface area contributed by atoms with Gasteiger partial charge >= 0.3 is 0 Å². The Labute approximate surface area is 142 Å². The van der Waals surface area contributed by atoms with Crippen LogP contribution in [-0.4, -0.2) is 56.4 Å². The van der Waals surface area contributed by atoms with E-state index in [-0.39, 0.29) is 30.0 Å². The zero-order chi connectivity index (χ0) is 16.9. The Morgan fingerprint density at radius 1 is 1.39 bits per heavy atom. The van der Waals surface area contributed by atoms with Gasteiger partial charge in [0, 0.05) is 17.6 Å². The molecule has 0 radical (unpaired) electrons. The second-order valence-corrected chi connectivity index (χ2v) is 8.51. The summed E-state index contributed by atoms with van der Waals surface area (Å²) in [6, 6.07) is 7.45. The number of hydrogen-bond donors (Lipinski definition) is 1. The minimum Gasteiger partial charge on any atom is -0.351 e. The lowest BCUT2D eigenvalue weighted by Gasteiger charge is -2.21. The first-order valence-electron chi connectivity index (χ1n) is 7.85. The average molecular weight is 359 g/mol. The number of nitrogens with zero attached hydrogens (tertiary/aromatic N) is 1. The molecule has 1 aliphatic heterocycles. The lowest BCUT2D eigenvalue weighted by atomic mass is 10.1. The summed E-state index contributed by atoms with van der Waals surface area (Å²) < 4.78 is 22.8. The molecule has 1 heterocycles. The minimum absolute atomic E-state index is 0.0600. The molecule has 1 aliphatic rings. The quantitative estimate of drug-likeness (QED) is 0.802. The van der Waals surface area contributed by atoms with Gasteiger partial charge in [0.25, 0.3) is 0 Å². The van der Waals surface area contributed by atoms with Crippen LogP contribution in [0.5, 0.6) is 0 Å². The lowest BCUT2D eigenvalue weighted by molar-refractivity contribution is -0.122. The summed E-state index contributed by atoms with van der Waals surface area (Å²) in [4.78, 5) is 14.1. The van der Waals surface area contributed by atoms with E-state index < -0.39 is 9.84 Å². The average Bonchev–Trinajstić information content (AvgIpc) is 2.83. The van der Waals surface area contributed by atoms with E-state index in [4.69, 9.17) is 11.6 Å². The highest BCUT2D eigenvalue weighted by molar-refractivity contribution is 7.91. The van der Waals surface area contributed by atoms with Crippen LogP contribution in [0.25, 0.3) is 0 Å². The van der Waals surface area contributed by atoms with E-state index in [1.165, 1.54) is 0 Å². The molecule has 1 N–H and O–H groups in total. The zero-order valence-electron chi connectivity index (χ0n) is 13.3. The highest BCUT2D eigenvalue weighted by Gasteiger charge is 2.29. The van der Waals surface area contributed by atoms with Crippen molar-refractivity contribution in [1.29, 1.82) is 0 Å². The summed E-state index contributed by atoms with van der Waals surface area (Å²) in [6.45, 7) is 3.76. The Kier molecular flexibility index (Phi) is 6.44. The number of nitrogens with one attached hydrogen (secondary N) is 1. The van der Waals surface area contributed by atoms with E-state index in [0.29, 0.717) is 6.42 Å². The van der Waals surface area contributed by atoms with Crippen molar-refractivity contribution in [2.45, 2.75) is 25.8 Å². The molecule has 0 spiro atoms. The maximum absolute atomic E-state index is 12.1. The second kappa shape index (κ2) is 8.13. The first-order valence-corrected chi connectivity index (χ1v) is 10.0. The number of carbonyl (C=O) groups excluding carboxylic acids is 1. The Balaban J connectivity index is 1.80. The molecule has 0 aliphatic carbocycles. The van der Waals surface area contributed by atoms with E-state index in [2.05, 4.69) is 5.32 Å². The normalized spacial score (nSPS) is 19.9. The zero-order valence-corrected chi connectivity index (χ0v) is 14.9. The SMILES string of the molecule is CCN(CCc1ccccc1Cl)CC(=O)N[C@H]1CCS(=O)(=O)C1. The summed E-state index contributed by atoms with van der Waals surface area (Å²) in [6.07, 6.45) is 1.29.